The quantitative estimate of drug-likeness (QED) is 0.827. The Balaban J connectivity index is 0.00000192. The number of nitrogens with one attached hydrogen (secondary N) is 1. The minimum absolute atomic E-state index is 0. The molecule has 3 rings (SSSR count). The second-order valence-electron chi connectivity index (χ2n) is 5.33. The lowest BCUT2D eigenvalue weighted by Crippen LogP contribution is -2.14. The van der Waals surface area contributed by atoms with Gasteiger partial charge in [-0.2, -0.15) is 4.68 Å². The van der Waals surface area contributed by atoms with Crippen molar-refractivity contribution < 1.29 is 4.79 Å². The summed E-state index contributed by atoms with van der Waals surface area (Å²) in [7, 11) is 0. The van der Waals surface area contributed by atoms with Gasteiger partial charge in [0, 0.05) is 18.0 Å². The Kier molecular flexibility index (Phi) is 5.92. The summed E-state index contributed by atoms with van der Waals surface area (Å²) in [4.78, 5) is 11.8. The molecule has 0 aliphatic heterocycles. The average molecular weight is 357 g/mol. The normalized spacial score (nSPS) is 13.5. The summed E-state index contributed by atoms with van der Waals surface area (Å²) >= 11 is 6.26. The maximum atomic E-state index is 11.8. The van der Waals surface area contributed by atoms with E-state index in [2.05, 4.69) is 20.8 Å². The van der Waals surface area contributed by atoms with E-state index in [1.54, 1.807) is 22.9 Å². The van der Waals surface area contributed by atoms with Crippen LogP contribution in [0, 0.1) is 0 Å². The highest BCUT2D eigenvalue weighted by atomic mass is 35.5. The summed E-state index contributed by atoms with van der Waals surface area (Å²) in [5.74, 6) is 1.14. The van der Waals surface area contributed by atoms with E-state index in [1.165, 1.54) is 0 Å². The Morgan fingerprint density at radius 1 is 1.43 bits per heavy atom. The average Bonchev–Trinajstić information content (AvgIpc) is 3.24. The van der Waals surface area contributed by atoms with E-state index >= 15 is 0 Å². The van der Waals surface area contributed by atoms with Crippen molar-refractivity contribution in [3.63, 3.8) is 0 Å². The van der Waals surface area contributed by atoms with E-state index < -0.39 is 0 Å². The SMILES string of the molecule is Cl.NCCCC(=O)Nc1ccc(Cl)c(-n2nnnc2C2CC2)c1. The summed E-state index contributed by atoms with van der Waals surface area (Å²) < 4.78 is 1.65. The number of anilines is 1. The predicted molar refractivity (Wildman–Crippen MR) is 90.3 cm³/mol. The second kappa shape index (κ2) is 7.72. The van der Waals surface area contributed by atoms with Gasteiger partial charge in [0.1, 0.15) is 0 Å². The molecule has 1 saturated carbocycles. The van der Waals surface area contributed by atoms with Gasteiger partial charge in [0.05, 0.1) is 10.7 Å². The maximum absolute atomic E-state index is 11.8. The summed E-state index contributed by atoms with van der Waals surface area (Å²) in [6.07, 6.45) is 3.23. The van der Waals surface area contributed by atoms with Crippen LogP contribution >= 0.6 is 24.0 Å². The molecule has 7 nitrogen and oxygen atoms in total. The number of halogens is 2. The number of carbonyl (C=O) groups excluding carboxylic acids is 1. The fourth-order valence-electron chi connectivity index (χ4n) is 2.20. The van der Waals surface area contributed by atoms with Crippen LogP contribution in [0.1, 0.15) is 37.4 Å². The molecule has 1 heterocycles. The van der Waals surface area contributed by atoms with E-state index in [-0.39, 0.29) is 18.3 Å². The fraction of sp³-hybridized carbons (Fsp3) is 0.429. The van der Waals surface area contributed by atoms with E-state index in [9.17, 15) is 4.79 Å². The third-order valence-electron chi connectivity index (χ3n) is 3.50. The van der Waals surface area contributed by atoms with Crippen LogP contribution in [0.15, 0.2) is 18.2 Å². The third-order valence-corrected chi connectivity index (χ3v) is 3.82. The Morgan fingerprint density at radius 2 is 2.22 bits per heavy atom. The number of rotatable bonds is 6. The summed E-state index contributed by atoms with van der Waals surface area (Å²) in [6, 6.07) is 5.27. The molecule has 0 atom stereocenters. The van der Waals surface area contributed by atoms with Gasteiger partial charge in [-0.25, -0.2) is 0 Å². The number of amides is 1. The van der Waals surface area contributed by atoms with E-state index in [0.29, 0.717) is 41.7 Å². The first-order valence-electron chi connectivity index (χ1n) is 7.27. The number of hydrogen-bond donors (Lipinski definition) is 2. The molecule has 1 aromatic heterocycles. The summed E-state index contributed by atoms with van der Waals surface area (Å²) in [6.45, 7) is 0.495. The topological polar surface area (TPSA) is 98.7 Å². The lowest BCUT2D eigenvalue weighted by molar-refractivity contribution is -0.116. The Bertz CT molecular complexity index is 686. The van der Waals surface area contributed by atoms with Crippen molar-refractivity contribution in [1.82, 2.24) is 20.2 Å². The zero-order chi connectivity index (χ0) is 15.5. The molecule has 1 fully saturated rings. The molecule has 9 heteroatoms. The Hall–Kier alpha value is -1.70. The lowest BCUT2D eigenvalue weighted by Gasteiger charge is -2.10. The maximum Gasteiger partial charge on any atom is 0.224 e. The van der Waals surface area contributed by atoms with E-state index in [1.807, 2.05) is 0 Å². The number of aromatic nitrogens is 4. The second-order valence-corrected chi connectivity index (χ2v) is 5.74. The van der Waals surface area contributed by atoms with Crippen LogP contribution in [-0.4, -0.2) is 32.7 Å². The molecular formula is C14H18Cl2N6O. The van der Waals surface area contributed by atoms with Crippen molar-refractivity contribution in [3.05, 3.63) is 29.0 Å². The number of nitrogens with two attached hydrogens (primary N) is 1. The number of tetrazole rings is 1. The highest BCUT2D eigenvalue weighted by molar-refractivity contribution is 6.32. The zero-order valence-corrected chi connectivity index (χ0v) is 14.0. The van der Waals surface area contributed by atoms with Gasteiger partial charge in [-0.15, -0.1) is 17.5 Å². The van der Waals surface area contributed by atoms with Crippen molar-refractivity contribution in [1.29, 1.82) is 0 Å². The molecule has 1 aromatic carbocycles. The van der Waals surface area contributed by atoms with Gasteiger partial charge in [-0.1, -0.05) is 11.6 Å². The van der Waals surface area contributed by atoms with Crippen LogP contribution in [0.25, 0.3) is 5.69 Å². The van der Waals surface area contributed by atoms with E-state index in [0.717, 1.165) is 18.7 Å². The summed E-state index contributed by atoms with van der Waals surface area (Å²) in [5, 5.41) is 15.2. The molecule has 0 unspecified atom stereocenters. The first-order valence-corrected chi connectivity index (χ1v) is 7.65. The smallest absolute Gasteiger partial charge is 0.224 e. The van der Waals surface area contributed by atoms with Gasteiger partial charge in [-0.05, 0) is 54.4 Å². The standard InChI is InChI=1S/C14H17ClN6O.ClH/c15-11-6-5-10(17-13(22)2-1-7-16)8-12(11)21-14(9-3-4-9)18-19-20-21;/h5-6,8-9H,1-4,7,16H2,(H,17,22);1H. The first kappa shape index (κ1) is 17.7. The van der Waals surface area contributed by atoms with Crippen LogP contribution in [0.4, 0.5) is 5.69 Å². The van der Waals surface area contributed by atoms with Crippen LogP contribution < -0.4 is 11.1 Å². The van der Waals surface area contributed by atoms with Crippen molar-refractivity contribution >= 4 is 35.6 Å². The highest BCUT2D eigenvalue weighted by Crippen LogP contribution is 2.39. The molecule has 1 aliphatic rings. The molecule has 0 bridgehead atoms. The summed E-state index contributed by atoms with van der Waals surface area (Å²) in [5.41, 5.74) is 6.74. The molecule has 124 valence electrons. The minimum Gasteiger partial charge on any atom is -0.330 e. The monoisotopic (exact) mass is 356 g/mol. The number of benzene rings is 1. The number of hydrogen-bond acceptors (Lipinski definition) is 5. The van der Waals surface area contributed by atoms with Gasteiger partial charge in [-0.3, -0.25) is 4.79 Å². The molecule has 1 amide bonds. The van der Waals surface area contributed by atoms with Gasteiger partial charge >= 0.3 is 0 Å². The third kappa shape index (κ3) is 4.19. The first-order chi connectivity index (χ1) is 10.7. The predicted octanol–water partition coefficient (Wildman–Crippen LogP) is 2.29. The molecule has 3 N–H and O–H groups in total. The molecule has 1 aliphatic carbocycles. The molecule has 23 heavy (non-hydrogen) atoms. The van der Waals surface area contributed by atoms with E-state index in [4.69, 9.17) is 17.3 Å². The fourth-order valence-corrected chi connectivity index (χ4v) is 2.40. The molecule has 0 radical (unpaired) electrons. The van der Waals surface area contributed by atoms with Crippen molar-refractivity contribution in [3.8, 4) is 5.69 Å². The number of carbonyl (C=O) groups is 1. The van der Waals surface area contributed by atoms with Gasteiger partial charge in [0.2, 0.25) is 5.91 Å². The molecule has 0 saturated heterocycles. The van der Waals surface area contributed by atoms with Crippen LogP contribution in [0.3, 0.4) is 0 Å². The van der Waals surface area contributed by atoms with Crippen molar-refractivity contribution in [2.75, 3.05) is 11.9 Å². The van der Waals surface area contributed by atoms with Crippen molar-refractivity contribution in [2.45, 2.75) is 31.6 Å². The van der Waals surface area contributed by atoms with Gasteiger partial charge in [0.15, 0.2) is 5.82 Å². The molecule has 0 spiro atoms. The van der Waals surface area contributed by atoms with Crippen LogP contribution in [0.2, 0.25) is 5.02 Å². The minimum atomic E-state index is -0.0714. The largest absolute Gasteiger partial charge is 0.330 e. The van der Waals surface area contributed by atoms with Crippen LogP contribution in [-0.2, 0) is 4.79 Å². The van der Waals surface area contributed by atoms with Gasteiger partial charge < -0.3 is 11.1 Å². The zero-order valence-electron chi connectivity index (χ0n) is 12.4. The van der Waals surface area contributed by atoms with Crippen LogP contribution in [0.5, 0.6) is 0 Å². The molecule has 2 aromatic rings. The Morgan fingerprint density at radius 3 is 2.91 bits per heavy atom. The number of nitrogens with zero attached hydrogens (tertiary/aromatic N) is 4. The van der Waals surface area contributed by atoms with Gasteiger partial charge in [0.25, 0.3) is 0 Å². The lowest BCUT2D eigenvalue weighted by atomic mass is 10.2. The van der Waals surface area contributed by atoms with Crippen molar-refractivity contribution in [2.24, 2.45) is 5.73 Å². The Labute approximate surface area is 145 Å². The molecular weight excluding hydrogens is 339 g/mol. The highest BCUT2D eigenvalue weighted by Gasteiger charge is 2.30.